The van der Waals surface area contributed by atoms with Crippen molar-refractivity contribution in [3.63, 3.8) is 0 Å². The van der Waals surface area contributed by atoms with E-state index in [-0.39, 0.29) is 26.2 Å². The molecule has 0 spiro atoms. The van der Waals surface area contributed by atoms with Crippen LogP contribution in [0.4, 0.5) is 4.79 Å². The maximum absolute atomic E-state index is 10.8. The molecule has 0 aromatic heterocycles. The molecule has 3 rings (SSSR count). The van der Waals surface area contributed by atoms with Gasteiger partial charge in [-0.05, 0) is 11.1 Å². The number of halogens is 1. The van der Waals surface area contributed by atoms with Crippen LogP contribution in [-0.2, 0) is 27.2 Å². The summed E-state index contributed by atoms with van der Waals surface area (Å²) in [6, 6.07) is 20.4. The van der Waals surface area contributed by atoms with Gasteiger partial charge in [0, 0.05) is 36.9 Å². The van der Waals surface area contributed by atoms with Crippen molar-refractivity contribution in [2.45, 2.75) is 13.2 Å². The third kappa shape index (κ3) is 7.85. The van der Waals surface area contributed by atoms with Crippen molar-refractivity contribution in [2.24, 2.45) is 0 Å². The van der Waals surface area contributed by atoms with Crippen LogP contribution in [0.5, 0.6) is 0 Å². The average Bonchev–Trinajstić information content (AvgIpc) is 2.69. The predicted octanol–water partition coefficient (Wildman–Crippen LogP) is 3.17. The summed E-state index contributed by atoms with van der Waals surface area (Å²) in [6.45, 7) is 1.93. The van der Waals surface area contributed by atoms with Crippen molar-refractivity contribution in [1.29, 1.82) is 0 Å². The molecule has 1 fully saturated rings. The first-order chi connectivity index (χ1) is 13.4. The molecule has 7 nitrogen and oxygen atoms in total. The van der Waals surface area contributed by atoms with Gasteiger partial charge < -0.3 is 14.7 Å². The van der Waals surface area contributed by atoms with Gasteiger partial charge in [-0.3, -0.25) is 0 Å². The van der Waals surface area contributed by atoms with Gasteiger partial charge in [-0.15, -0.1) is 0 Å². The summed E-state index contributed by atoms with van der Waals surface area (Å²) in [7, 11) is 1.38. The maximum atomic E-state index is 10.8. The van der Waals surface area contributed by atoms with E-state index < -0.39 is 15.3 Å². The Labute approximate surface area is 169 Å². The number of rotatable bonds is 5. The monoisotopic (exact) mass is 426 g/mol. The highest BCUT2D eigenvalue weighted by atomic mass is 35.7. The molecule has 1 saturated heterocycles. The van der Waals surface area contributed by atoms with E-state index in [0.717, 1.165) is 9.21 Å². The number of carbonyl (C=O) groups is 1. The van der Waals surface area contributed by atoms with Crippen LogP contribution in [0.15, 0.2) is 60.7 Å². The molecule has 9 heteroatoms. The Morgan fingerprint density at radius 2 is 1.32 bits per heavy atom. The van der Waals surface area contributed by atoms with E-state index >= 15 is 0 Å². The van der Waals surface area contributed by atoms with Crippen molar-refractivity contribution in [2.75, 3.05) is 26.2 Å². The Balaban J connectivity index is 0.000000203. The lowest BCUT2D eigenvalue weighted by Crippen LogP contribution is -2.49. The van der Waals surface area contributed by atoms with Crippen LogP contribution in [0.2, 0.25) is 0 Å². The van der Waals surface area contributed by atoms with Gasteiger partial charge in [0.05, 0.1) is 13.2 Å². The molecule has 1 heterocycles. The number of ether oxygens (including phenoxy) is 1. The molecule has 2 aromatic rings. The smallest absolute Gasteiger partial charge is 0.407 e. The quantitative estimate of drug-likeness (QED) is 0.742. The maximum Gasteiger partial charge on any atom is 0.407 e. The molecule has 2 aromatic carbocycles. The SMILES string of the molecule is O=C(O)N1CCN(S(=O)(=O)Cl)CC1.c1ccc(COCc2ccccc2)cc1. The highest BCUT2D eigenvalue weighted by molar-refractivity contribution is 8.11. The van der Waals surface area contributed by atoms with Crippen molar-refractivity contribution >= 4 is 26.0 Å². The van der Waals surface area contributed by atoms with E-state index in [1.54, 1.807) is 0 Å². The lowest BCUT2D eigenvalue weighted by molar-refractivity contribution is 0.107. The van der Waals surface area contributed by atoms with E-state index in [9.17, 15) is 13.2 Å². The third-order valence-electron chi connectivity index (χ3n) is 4.04. The second-order valence-corrected chi connectivity index (χ2v) is 8.59. The lowest BCUT2D eigenvalue weighted by Gasteiger charge is -2.30. The molecule has 0 atom stereocenters. The second-order valence-electron chi connectivity index (χ2n) is 6.07. The van der Waals surface area contributed by atoms with Gasteiger partial charge in [0.2, 0.25) is 0 Å². The molecule has 0 unspecified atom stereocenters. The minimum Gasteiger partial charge on any atom is -0.465 e. The Morgan fingerprint density at radius 3 is 1.68 bits per heavy atom. The molecule has 152 valence electrons. The van der Waals surface area contributed by atoms with Crippen LogP contribution in [-0.4, -0.2) is 55.0 Å². The summed E-state index contributed by atoms with van der Waals surface area (Å²) in [5, 5.41) is 8.55. The summed E-state index contributed by atoms with van der Waals surface area (Å²) in [5.74, 6) is 0. The zero-order chi connectivity index (χ0) is 20.4. The Morgan fingerprint density at radius 1 is 0.893 bits per heavy atom. The lowest BCUT2D eigenvalue weighted by atomic mass is 10.2. The number of hydrogen-bond acceptors (Lipinski definition) is 4. The van der Waals surface area contributed by atoms with Gasteiger partial charge in [-0.1, -0.05) is 60.7 Å². The molecule has 1 aliphatic heterocycles. The zero-order valence-corrected chi connectivity index (χ0v) is 16.8. The first kappa shape index (κ1) is 22.2. The zero-order valence-electron chi connectivity index (χ0n) is 15.3. The minimum absolute atomic E-state index is 0.123. The van der Waals surface area contributed by atoms with Gasteiger partial charge in [-0.2, -0.15) is 12.7 Å². The first-order valence-corrected chi connectivity index (χ1v) is 11.0. The molecule has 1 N–H and O–H groups in total. The van der Waals surface area contributed by atoms with Crippen LogP contribution in [0.25, 0.3) is 0 Å². The van der Waals surface area contributed by atoms with Gasteiger partial charge >= 0.3 is 6.09 Å². The third-order valence-corrected chi connectivity index (χ3v) is 5.61. The summed E-state index contributed by atoms with van der Waals surface area (Å²) < 4.78 is 28.2. The normalized spacial score (nSPS) is 14.8. The number of nitrogens with zero attached hydrogens (tertiary/aromatic N) is 2. The summed E-state index contributed by atoms with van der Waals surface area (Å²) in [5.41, 5.74) is 2.43. The molecular formula is C19H23ClN2O5S. The Kier molecular flexibility index (Phi) is 8.72. The fraction of sp³-hybridized carbons (Fsp3) is 0.316. The fourth-order valence-electron chi connectivity index (χ4n) is 2.53. The summed E-state index contributed by atoms with van der Waals surface area (Å²) in [6.07, 6.45) is -1.04. The van der Waals surface area contributed by atoms with Gasteiger partial charge in [0.25, 0.3) is 9.24 Å². The summed E-state index contributed by atoms with van der Waals surface area (Å²) >= 11 is 0. The van der Waals surface area contributed by atoms with Gasteiger partial charge in [0.15, 0.2) is 0 Å². The minimum atomic E-state index is -3.69. The average molecular weight is 427 g/mol. The topological polar surface area (TPSA) is 87.2 Å². The van der Waals surface area contributed by atoms with Crippen molar-refractivity contribution in [3.05, 3.63) is 71.8 Å². The van der Waals surface area contributed by atoms with E-state index in [1.807, 2.05) is 36.4 Å². The molecule has 28 heavy (non-hydrogen) atoms. The number of benzene rings is 2. The largest absolute Gasteiger partial charge is 0.465 e. The van der Waals surface area contributed by atoms with Crippen LogP contribution < -0.4 is 0 Å². The standard InChI is InChI=1S/C14H14O.C5H9ClN2O4S/c1-3-7-13(8-4-1)11-15-12-14-9-5-2-6-10-14;6-13(11,12)8-3-1-7(2-4-8)5(9)10/h1-10H,11-12H2;1-4H2,(H,9,10). The fourth-order valence-corrected chi connectivity index (χ4v) is 3.55. The number of hydrogen-bond donors (Lipinski definition) is 1. The van der Waals surface area contributed by atoms with E-state index in [1.165, 1.54) is 11.1 Å². The molecule has 0 saturated carbocycles. The van der Waals surface area contributed by atoms with Crippen molar-refractivity contribution in [1.82, 2.24) is 9.21 Å². The van der Waals surface area contributed by atoms with E-state index in [0.29, 0.717) is 13.2 Å². The molecule has 0 bridgehead atoms. The number of amides is 1. The van der Waals surface area contributed by atoms with Crippen LogP contribution in [0.3, 0.4) is 0 Å². The van der Waals surface area contributed by atoms with Crippen LogP contribution >= 0.6 is 10.7 Å². The van der Waals surface area contributed by atoms with Crippen molar-refractivity contribution < 1.29 is 23.1 Å². The van der Waals surface area contributed by atoms with Crippen LogP contribution in [0.1, 0.15) is 11.1 Å². The van der Waals surface area contributed by atoms with Crippen molar-refractivity contribution in [3.8, 4) is 0 Å². The highest BCUT2D eigenvalue weighted by Crippen LogP contribution is 2.10. The Bertz CT molecular complexity index is 786. The number of carboxylic acid groups (broad SMARTS) is 1. The second kappa shape index (κ2) is 11.0. The van der Waals surface area contributed by atoms with Gasteiger partial charge in [0.1, 0.15) is 0 Å². The predicted molar refractivity (Wildman–Crippen MR) is 107 cm³/mol. The Hall–Kier alpha value is -2.13. The highest BCUT2D eigenvalue weighted by Gasteiger charge is 2.26. The summed E-state index contributed by atoms with van der Waals surface area (Å²) in [4.78, 5) is 11.6. The van der Waals surface area contributed by atoms with E-state index in [4.69, 9.17) is 20.5 Å². The molecule has 1 amide bonds. The van der Waals surface area contributed by atoms with Crippen LogP contribution in [0, 0.1) is 0 Å². The molecule has 0 radical (unpaired) electrons. The molecule has 0 aliphatic carbocycles. The van der Waals surface area contributed by atoms with E-state index in [2.05, 4.69) is 24.3 Å². The number of piperazine rings is 1. The molecular weight excluding hydrogens is 404 g/mol. The van der Waals surface area contributed by atoms with Gasteiger partial charge in [-0.25, -0.2) is 4.79 Å². The first-order valence-electron chi connectivity index (χ1n) is 8.69. The molecule has 1 aliphatic rings.